The van der Waals surface area contributed by atoms with Gasteiger partial charge in [0, 0.05) is 23.6 Å². The van der Waals surface area contributed by atoms with E-state index in [0.29, 0.717) is 28.0 Å². The molecule has 1 aromatic carbocycles. The van der Waals surface area contributed by atoms with Crippen molar-refractivity contribution in [3.63, 3.8) is 0 Å². The minimum atomic E-state index is -0.368. The van der Waals surface area contributed by atoms with Crippen molar-refractivity contribution in [3.05, 3.63) is 57.5 Å². The summed E-state index contributed by atoms with van der Waals surface area (Å²) in [5.41, 5.74) is 2.94. The Morgan fingerprint density at radius 2 is 2.14 bits per heavy atom. The number of nitrogens with zero attached hydrogens (tertiary/aromatic N) is 2. The Bertz CT molecular complexity index is 731. The molecule has 3 nitrogen and oxygen atoms in total. The highest BCUT2D eigenvalue weighted by atomic mass is 35.5. The number of hydrogen-bond acceptors (Lipinski definition) is 4. The van der Waals surface area contributed by atoms with E-state index in [0.717, 1.165) is 16.8 Å². The highest BCUT2D eigenvalue weighted by molar-refractivity contribution is 7.98. The number of rotatable bonds is 5. The van der Waals surface area contributed by atoms with Gasteiger partial charge in [0.1, 0.15) is 16.9 Å². The van der Waals surface area contributed by atoms with Crippen molar-refractivity contribution in [2.75, 3.05) is 7.11 Å². The largest absolute Gasteiger partial charge is 0.380 e. The number of benzene rings is 1. The zero-order valence-electron chi connectivity index (χ0n) is 12.2. The van der Waals surface area contributed by atoms with Crippen LogP contribution in [0.25, 0.3) is 0 Å². The van der Waals surface area contributed by atoms with Crippen LogP contribution in [0.3, 0.4) is 0 Å². The van der Waals surface area contributed by atoms with Crippen molar-refractivity contribution in [2.45, 2.75) is 24.3 Å². The van der Waals surface area contributed by atoms with E-state index in [1.54, 1.807) is 13.2 Å². The maximum atomic E-state index is 13.1. The van der Waals surface area contributed by atoms with Crippen LogP contribution >= 0.6 is 23.4 Å². The molecule has 0 spiro atoms. The summed E-state index contributed by atoms with van der Waals surface area (Å²) in [5.74, 6) is 0.143. The smallest absolute Gasteiger partial charge is 0.124 e. The van der Waals surface area contributed by atoms with E-state index in [4.69, 9.17) is 16.3 Å². The molecule has 0 saturated carbocycles. The molecule has 0 fully saturated rings. The van der Waals surface area contributed by atoms with E-state index in [2.05, 4.69) is 11.1 Å². The first-order chi connectivity index (χ1) is 10.5. The van der Waals surface area contributed by atoms with Crippen LogP contribution in [0.15, 0.2) is 29.3 Å². The summed E-state index contributed by atoms with van der Waals surface area (Å²) < 4.78 is 18.2. The van der Waals surface area contributed by atoms with E-state index < -0.39 is 0 Å². The Morgan fingerprint density at radius 1 is 1.36 bits per heavy atom. The first-order valence-electron chi connectivity index (χ1n) is 6.51. The van der Waals surface area contributed by atoms with E-state index in [1.165, 1.54) is 23.9 Å². The SMILES string of the molecule is COCc1cc(C)nc(SCc2ccc(F)cc2Cl)c1C#N. The highest BCUT2D eigenvalue weighted by Crippen LogP contribution is 2.30. The van der Waals surface area contributed by atoms with Crippen molar-refractivity contribution < 1.29 is 9.13 Å². The van der Waals surface area contributed by atoms with Crippen LogP contribution in [0.1, 0.15) is 22.4 Å². The summed E-state index contributed by atoms with van der Waals surface area (Å²) >= 11 is 7.43. The van der Waals surface area contributed by atoms with Crippen LogP contribution < -0.4 is 0 Å². The minimum absolute atomic E-state index is 0.358. The topological polar surface area (TPSA) is 45.9 Å². The van der Waals surface area contributed by atoms with Gasteiger partial charge in [0.2, 0.25) is 0 Å². The zero-order chi connectivity index (χ0) is 16.1. The van der Waals surface area contributed by atoms with Crippen LogP contribution in [0.5, 0.6) is 0 Å². The molecular weight excluding hydrogens is 323 g/mol. The molecule has 2 aromatic rings. The molecule has 0 atom stereocenters. The van der Waals surface area contributed by atoms with Gasteiger partial charge in [-0.2, -0.15) is 5.26 Å². The molecule has 0 radical (unpaired) electrons. The first kappa shape index (κ1) is 16.8. The normalized spacial score (nSPS) is 10.5. The third-order valence-corrected chi connectivity index (χ3v) is 4.36. The fourth-order valence-electron chi connectivity index (χ4n) is 1.99. The van der Waals surface area contributed by atoms with Crippen LogP contribution in [0.2, 0.25) is 5.02 Å². The molecule has 0 bridgehead atoms. The van der Waals surface area contributed by atoms with Crippen molar-refractivity contribution in [2.24, 2.45) is 0 Å². The van der Waals surface area contributed by atoms with Gasteiger partial charge in [-0.15, -0.1) is 11.8 Å². The van der Waals surface area contributed by atoms with Gasteiger partial charge in [0.25, 0.3) is 0 Å². The van der Waals surface area contributed by atoms with Crippen LogP contribution in [-0.2, 0) is 17.1 Å². The maximum absolute atomic E-state index is 13.1. The first-order valence-corrected chi connectivity index (χ1v) is 7.87. The maximum Gasteiger partial charge on any atom is 0.124 e. The lowest BCUT2D eigenvalue weighted by atomic mass is 10.1. The number of methoxy groups -OCH3 is 1. The second-order valence-corrected chi connectivity index (χ2v) is 6.04. The molecule has 22 heavy (non-hydrogen) atoms. The lowest BCUT2D eigenvalue weighted by Crippen LogP contribution is -2.00. The highest BCUT2D eigenvalue weighted by Gasteiger charge is 2.13. The number of pyridine rings is 1. The Balaban J connectivity index is 2.27. The molecule has 0 aliphatic rings. The van der Waals surface area contributed by atoms with Crippen molar-refractivity contribution in [1.29, 1.82) is 5.26 Å². The van der Waals surface area contributed by atoms with Gasteiger partial charge >= 0.3 is 0 Å². The number of nitriles is 1. The second-order valence-electron chi connectivity index (χ2n) is 4.67. The number of aryl methyl sites for hydroxylation is 1. The molecule has 1 heterocycles. The number of thioether (sulfide) groups is 1. The molecule has 2 rings (SSSR count). The zero-order valence-corrected chi connectivity index (χ0v) is 13.8. The third kappa shape index (κ3) is 3.98. The Morgan fingerprint density at radius 3 is 2.77 bits per heavy atom. The second kappa shape index (κ2) is 7.59. The Kier molecular flexibility index (Phi) is 5.78. The minimum Gasteiger partial charge on any atom is -0.380 e. The third-order valence-electron chi connectivity index (χ3n) is 2.99. The van der Waals surface area contributed by atoms with E-state index in [-0.39, 0.29) is 5.82 Å². The number of ether oxygens (including phenoxy) is 1. The molecule has 0 N–H and O–H groups in total. The quantitative estimate of drug-likeness (QED) is 0.754. The van der Waals surface area contributed by atoms with Crippen molar-refractivity contribution in [1.82, 2.24) is 4.98 Å². The molecule has 0 amide bonds. The monoisotopic (exact) mass is 336 g/mol. The molecule has 0 unspecified atom stereocenters. The summed E-state index contributed by atoms with van der Waals surface area (Å²) in [6.07, 6.45) is 0. The van der Waals surface area contributed by atoms with Gasteiger partial charge in [0.15, 0.2) is 0 Å². The molecule has 0 saturated heterocycles. The average molecular weight is 337 g/mol. The van der Waals surface area contributed by atoms with Crippen LogP contribution in [-0.4, -0.2) is 12.1 Å². The number of hydrogen-bond donors (Lipinski definition) is 0. The summed E-state index contributed by atoms with van der Waals surface area (Å²) in [7, 11) is 1.59. The number of aromatic nitrogens is 1. The van der Waals surface area contributed by atoms with Crippen LogP contribution in [0.4, 0.5) is 4.39 Å². The van der Waals surface area contributed by atoms with Crippen molar-refractivity contribution >= 4 is 23.4 Å². The van der Waals surface area contributed by atoms with Gasteiger partial charge in [-0.25, -0.2) is 9.37 Å². The standard InChI is InChI=1S/C16H14ClFN2OS/c1-10-5-12(8-21-2)14(7-19)16(20-10)22-9-11-3-4-13(18)6-15(11)17/h3-6H,8-9H2,1-2H3. The molecule has 6 heteroatoms. The van der Waals surface area contributed by atoms with Crippen molar-refractivity contribution in [3.8, 4) is 6.07 Å². The van der Waals surface area contributed by atoms with Gasteiger partial charge in [-0.3, -0.25) is 0 Å². The lowest BCUT2D eigenvalue weighted by Gasteiger charge is -2.10. The lowest BCUT2D eigenvalue weighted by molar-refractivity contribution is 0.184. The summed E-state index contributed by atoms with van der Waals surface area (Å²) in [4.78, 5) is 4.42. The predicted molar refractivity (Wildman–Crippen MR) is 85.4 cm³/mol. The van der Waals surface area contributed by atoms with Gasteiger partial charge in [-0.05, 0) is 36.2 Å². The van der Waals surface area contributed by atoms with Gasteiger partial charge in [-0.1, -0.05) is 17.7 Å². The molecule has 0 aliphatic carbocycles. The average Bonchev–Trinajstić information content (AvgIpc) is 2.46. The molecular formula is C16H14ClFN2OS. The van der Waals surface area contributed by atoms with E-state index >= 15 is 0 Å². The number of halogens is 2. The Hall–Kier alpha value is -1.61. The predicted octanol–water partition coefficient (Wildman–Crippen LogP) is 4.49. The molecule has 1 aromatic heterocycles. The fourth-order valence-corrected chi connectivity index (χ4v) is 3.38. The summed E-state index contributed by atoms with van der Waals surface area (Å²) in [5, 5.41) is 10.4. The van der Waals surface area contributed by atoms with Gasteiger partial charge in [0.05, 0.1) is 12.2 Å². The Labute approximate surface area is 138 Å². The molecule has 0 aliphatic heterocycles. The fraction of sp³-hybridized carbons (Fsp3) is 0.250. The van der Waals surface area contributed by atoms with E-state index in [9.17, 15) is 9.65 Å². The van der Waals surface area contributed by atoms with Crippen LogP contribution in [0, 0.1) is 24.1 Å². The van der Waals surface area contributed by atoms with Gasteiger partial charge < -0.3 is 4.74 Å². The summed E-state index contributed by atoms with van der Waals surface area (Å²) in [6.45, 7) is 2.23. The summed E-state index contributed by atoms with van der Waals surface area (Å²) in [6, 6.07) is 8.31. The van der Waals surface area contributed by atoms with E-state index in [1.807, 2.05) is 13.0 Å². The molecule has 114 valence electrons.